The molecule has 0 aliphatic rings. The first-order valence-corrected chi connectivity index (χ1v) is 10.6. The molecule has 0 spiro atoms. The second kappa shape index (κ2) is 12.9. The van der Waals surface area contributed by atoms with Gasteiger partial charge >= 0.3 is 12.1 Å². The molecule has 172 valence electrons. The van der Waals surface area contributed by atoms with Crippen LogP contribution in [0.5, 0.6) is 5.75 Å². The predicted octanol–water partition coefficient (Wildman–Crippen LogP) is 3.64. The predicted molar refractivity (Wildman–Crippen MR) is 123 cm³/mol. The Morgan fingerprint density at radius 3 is 1.91 bits per heavy atom. The number of amides is 1. The standard InChI is InChI=1S/C26H27NO6/c28-16-23(27-26(30)33-18-22-9-5-2-6-10-22)15-20-11-13-24(14-12-20)31-19-25(29)32-17-21-7-3-1-4-8-21/h1-14,23,28H,15-19H2,(H,27,30). The Morgan fingerprint density at radius 1 is 0.758 bits per heavy atom. The third-order valence-corrected chi connectivity index (χ3v) is 4.76. The molecule has 7 heteroatoms. The van der Waals surface area contributed by atoms with Crippen LogP contribution in [0.25, 0.3) is 0 Å². The molecule has 0 saturated heterocycles. The van der Waals surface area contributed by atoms with E-state index in [4.69, 9.17) is 14.2 Å². The molecule has 33 heavy (non-hydrogen) atoms. The van der Waals surface area contributed by atoms with E-state index in [1.54, 1.807) is 12.1 Å². The molecule has 2 N–H and O–H groups in total. The number of hydrogen-bond donors (Lipinski definition) is 2. The number of aliphatic hydroxyl groups excluding tert-OH is 1. The number of carbonyl (C=O) groups excluding carboxylic acids is 2. The van der Waals surface area contributed by atoms with Gasteiger partial charge in [0.05, 0.1) is 12.6 Å². The number of benzene rings is 3. The van der Waals surface area contributed by atoms with E-state index in [-0.39, 0.29) is 26.4 Å². The topological polar surface area (TPSA) is 94.1 Å². The molecule has 0 aromatic heterocycles. The minimum atomic E-state index is -0.591. The molecule has 1 amide bonds. The maximum absolute atomic E-state index is 12.0. The van der Waals surface area contributed by atoms with Crippen molar-refractivity contribution in [2.75, 3.05) is 13.2 Å². The van der Waals surface area contributed by atoms with E-state index in [9.17, 15) is 14.7 Å². The van der Waals surface area contributed by atoms with Crippen molar-refractivity contribution < 1.29 is 28.9 Å². The van der Waals surface area contributed by atoms with Crippen LogP contribution in [0.2, 0.25) is 0 Å². The molecule has 0 aliphatic heterocycles. The highest BCUT2D eigenvalue weighted by Crippen LogP contribution is 2.14. The lowest BCUT2D eigenvalue weighted by atomic mass is 10.1. The van der Waals surface area contributed by atoms with Crippen molar-refractivity contribution in [1.29, 1.82) is 0 Å². The SMILES string of the molecule is O=C(COc1ccc(CC(CO)NC(=O)OCc2ccccc2)cc1)OCc1ccccc1. The number of nitrogens with one attached hydrogen (secondary N) is 1. The van der Waals surface area contributed by atoms with Gasteiger partial charge < -0.3 is 24.6 Å². The summed E-state index contributed by atoms with van der Waals surface area (Å²) in [4.78, 5) is 23.9. The lowest BCUT2D eigenvalue weighted by Crippen LogP contribution is -2.39. The van der Waals surface area contributed by atoms with Gasteiger partial charge in [-0.3, -0.25) is 0 Å². The first kappa shape index (κ1) is 23.8. The van der Waals surface area contributed by atoms with Gasteiger partial charge in [0.1, 0.15) is 19.0 Å². The highest BCUT2D eigenvalue weighted by Gasteiger charge is 2.13. The summed E-state index contributed by atoms with van der Waals surface area (Å²) in [6, 6.07) is 25.3. The fourth-order valence-corrected chi connectivity index (χ4v) is 3.02. The number of alkyl carbamates (subject to hydrolysis) is 1. The van der Waals surface area contributed by atoms with Gasteiger partial charge in [-0.05, 0) is 35.2 Å². The minimum absolute atomic E-state index is 0.157. The van der Waals surface area contributed by atoms with Gasteiger partial charge in [-0.25, -0.2) is 9.59 Å². The van der Waals surface area contributed by atoms with Crippen LogP contribution >= 0.6 is 0 Å². The molecular weight excluding hydrogens is 422 g/mol. The molecule has 0 fully saturated rings. The summed E-state index contributed by atoms with van der Waals surface area (Å²) in [5.74, 6) is 0.0627. The Labute approximate surface area is 192 Å². The van der Waals surface area contributed by atoms with Gasteiger partial charge in [0, 0.05) is 0 Å². The molecule has 7 nitrogen and oxygen atoms in total. The Bertz CT molecular complexity index is 992. The van der Waals surface area contributed by atoms with Crippen LogP contribution < -0.4 is 10.1 Å². The third kappa shape index (κ3) is 8.66. The molecular formula is C26H27NO6. The molecule has 3 aromatic carbocycles. The lowest BCUT2D eigenvalue weighted by molar-refractivity contribution is -0.147. The van der Waals surface area contributed by atoms with Crippen molar-refractivity contribution in [3.05, 3.63) is 102 Å². The number of ether oxygens (including phenoxy) is 3. The van der Waals surface area contributed by atoms with E-state index < -0.39 is 18.1 Å². The summed E-state index contributed by atoms with van der Waals surface area (Å²) in [5.41, 5.74) is 2.68. The van der Waals surface area contributed by atoms with Gasteiger partial charge in [-0.2, -0.15) is 0 Å². The van der Waals surface area contributed by atoms with Crippen molar-refractivity contribution in [2.24, 2.45) is 0 Å². The Hall–Kier alpha value is -3.84. The minimum Gasteiger partial charge on any atom is -0.482 e. The Morgan fingerprint density at radius 2 is 1.33 bits per heavy atom. The van der Waals surface area contributed by atoms with Gasteiger partial charge in [0.2, 0.25) is 0 Å². The van der Waals surface area contributed by atoms with Crippen molar-refractivity contribution in [2.45, 2.75) is 25.7 Å². The van der Waals surface area contributed by atoms with Gasteiger partial charge in [0.25, 0.3) is 0 Å². The molecule has 3 aromatic rings. The Kier molecular flexibility index (Phi) is 9.29. The van der Waals surface area contributed by atoms with E-state index >= 15 is 0 Å². The second-order valence-electron chi connectivity index (χ2n) is 7.37. The van der Waals surface area contributed by atoms with Crippen LogP contribution in [0, 0.1) is 0 Å². The number of hydrogen-bond acceptors (Lipinski definition) is 6. The number of aliphatic hydroxyl groups is 1. The maximum Gasteiger partial charge on any atom is 0.407 e. The van der Waals surface area contributed by atoms with Crippen LogP contribution in [0.15, 0.2) is 84.9 Å². The lowest BCUT2D eigenvalue weighted by Gasteiger charge is -2.16. The van der Waals surface area contributed by atoms with Crippen LogP contribution in [0.3, 0.4) is 0 Å². The van der Waals surface area contributed by atoms with Crippen LogP contribution in [-0.4, -0.2) is 36.4 Å². The zero-order valence-electron chi connectivity index (χ0n) is 18.2. The zero-order chi connectivity index (χ0) is 23.3. The summed E-state index contributed by atoms with van der Waals surface area (Å²) >= 11 is 0. The molecule has 1 unspecified atom stereocenters. The smallest absolute Gasteiger partial charge is 0.407 e. The zero-order valence-corrected chi connectivity index (χ0v) is 18.2. The average molecular weight is 450 g/mol. The van der Waals surface area contributed by atoms with E-state index in [2.05, 4.69) is 5.32 Å². The normalized spacial score (nSPS) is 11.3. The quantitative estimate of drug-likeness (QED) is 0.434. The third-order valence-electron chi connectivity index (χ3n) is 4.76. The van der Waals surface area contributed by atoms with E-state index in [0.717, 1.165) is 16.7 Å². The summed E-state index contributed by atoms with van der Waals surface area (Å²) in [7, 11) is 0. The highest BCUT2D eigenvalue weighted by atomic mass is 16.6. The van der Waals surface area contributed by atoms with Crippen LogP contribution in [0.1, 0.15) is 16.7 Å². The van der Waals surface area contributed by atoms with E-state index in [1.807, 2.05) is 72.8 Å². The molecule has 1 atom stereocenters. The maximum atomic E-state index is 12.0. The summed E-state index contributed by atoms with van der Waals surface area (Å²) < 4.78 is 15.8. The average Bonchev–Trinajstić information content (AvgIpc) is 2.86. The second-order valence-corrected chi connectivity index (χ2v) is 7.37. The van der Waals surface area contributed by atoms with Crippen molar-refractivity contribution in [1.82, 2.24) is 5.32 Å². The van der Waals surface area contributed by atoms with Gasteiger partial charge in [-0.15, -0.1) is 0 Å². The van der Waals surface area contributed by atoms with Gasteiger partial charge in [0.15, 0.2) is 6.61 Å². The van der Waals surface area contributed by atoms with Crippen molar-refractivity contribution in [3.63, 3.8) is 0 Å². The van der Waals surface area contributed by atoms with Crippen LogP contribution in [-0.2, 0) is 33.9 Å². The first-order chi connectivity index (χ1) is 16.1. The molecule has 0 bridgehead atoms. The molecule has 0 radical (unpaired) electrons. The van der Waals surface area contributed by atoms with E-state index in [0.29, 0.717) is 12.2 Å². The number of carbonyl (C=O) groups is 2. The van der Waals surface area contributed by atoms with E-state index in [1.165, 1.54) is 0 Å². The number of esters is 1. The molecule has 0 heterocycles. The van der Waals surface area contributed by atoms with Crippen molar-refractivity contribution in [3.8, 4) is 5.75 Å². The summed E-state index contributed by atoms with van der Waals surface area (Å²) in [6.45, 7) is -0.0673. The summed E-state index contributed by atoms with van der Waals surface area (Å²) in [5, 5.41) is 12.3. The Balaban J connectivity index is 1.39. The van der Waals surface area contributed by atoms with Crippen molar-refractivity contribution >= 4 is 12.1 Å². The monoisotopic (exact) mass is 449 g/mol. The first-order valence-electron chi connectivity index (χ1n) is 10.6. The fourth-order valence-electron chi connectivity index (χ4n) is 3.02. The summed E-state index contributed by atoms with van der Waals surface area (Å²) in [6.07, 6.45) is -0.178. The largest absolute Gasteiger partial charge is 0.482 e. The van der Waals surface area contributed by atoms with Crippen LogP contribution in [0.4, 0.5) is 4.79 Å². The number of rotatable bonds is 11. The van der Waals surface area contributed by atoms with Gasteiger partial charge in [-0.1, -0.05) is 72.8 Å². The highest BCUT2D eigenvalue weighted by molar-refractivity contribution is 5.71. The molecule has 0 aliphatic carbocycles. The molecule has 3 rings (SSSR count). The fraction of sp³-hybridized carbons (Fsp3) is 0.231. The molecule has 0 saturated carbocycles.